The molecule has 1 aromatic carbocycles. The Morgan fingerprint density at radius 1 is 1.04 bits per heavy atom. The van der Waals surface area contributed by atoms with E-state index in [9.17, 15) is 4.79 Å². The average Bonchev–Trinajstić information content (AvgIpc) is 2.55. The van der Waals surface area contributed by atoms with E-state index >= 15 is 0 Å². The van der Waals surface area contributed by atoms with Gasteiger partial charge in [0.1, 0.15) is 5.82 Å². The first kappa shape index (κ1) is 15.9. The molecule has 1 aliphatic heterocycles. The molecule has 0 radical (unpaired) electrons. The van der Waals surface area contributed by atoms with Crippen LogP contribution < -0.4 is 10.2 Å². The van der Waals surface area contributed by atoms with Gasteiger partial charge in [0.25, 0.3) is 0 Å². The summed E-state index contributed by atoms with van der Waals surface area (Å²) in [5.74, 6) is 0.939. The monoisotopic (exact) mass is 350 g/mol. The van der Waals surface area contributed by atoms with Crippen molar-refractivity contribution in [3.63, 3.8) is 0 Å². The topological polar surface area (TPSA) is 48.5 Å². The summed E-state index contributed by atoms with van der Waals surface area (Å²) in [5.41, 5.74) is 0.597. The molecule has 1 saturated heterocycles. The van der Waals surface area contributed by atoms with Crippen LogP contribution in [0.1, 0.15) is 0 Å². The second-order valence-corrected chi connectivity index (χ2v) is 6.12. The molecule has 3 rings (SSSR count). The predicted octanol–water partition coefficient (Wildman–Crippen LogP) is 3.74. The Morgan fingerprint density at radius 2 is 1.74 bits per heavy atom. The Hall–Kier alpha value is -1.98. The van der Waals surface area contributed by atoms with Crippen LogP contribution >= 0.6 is 23.2 Å². The van der Waals surface area contributed by atoms with Gasteiger partial charge in [-0.05, 0) is 30.3 Å². The van der Waals surface area contributed by atoms with Crippen LogP contribution in [0, 0.1) is 0 Å². The van der Waals surface area contributed by atoms with E-state index in [4.69, 9.17) is 23.2 Å². The summed E-state index contributed by atoms with van der Waals surface area (Å²) in [6.07, 6.45) is 1.78. The van der Waals surface area contributed by atoms with E-state index in [1.54, 1.807) is 29.3 Å². The summed E-state index contributed by atoms with van der Waals surface area (Å²) >= 11 is 11.9. The normalized spacial score (nSPS) is 14.7. The van der Waals surface area contributed by atoms with E-state index in [1.807, 2.05) is 18.2 Å². The van der Waals surface area contributed by atoms with Gasteiger partial charge in [-0.15, -0.1) is 0 Å². The highest BCUT2D eigenvalue weighted by Crippen LogP contribution is 2.23. The van der Waals surface area contributed by atoms with Crippen LogP contribution in [0.25, 0.3) is 0 Å². The number of aromatic nitrogens is 1. The Morgan fingerprint density at radius 3 is 2.35 bits per heavy atom. The van der Waals surface area contributed by atoms with Gasteiger partial charge in [0, 0.05) is 48.1 Å². The highest BCUT2D eigenvalue weighted by Gasteiger charge is 2.21. The maximum atomic E-state index is 12.3. The highest BCUT2D eigenvalue weighted by atomic mass is 35.5. The number of nitrogens with zero attached hydrogens (tertiary/aromatic N) is 3. The van der Waals surface area contributed by atoms with Crippen LogP contribution in [-0.4, -0.2) is 42.1 Å². The van der Waals surface area contributed by atoms with E-state index in [0.717, 1.165) is 18.9 Å². The molecule has 2 amide bonds. The number of nitrogens with one attached hydrogen (secondary N) is 1. The molecule has 0 aliphatic carbocycles. The molecule has 0 unspecified atom stereocenters. The van der Waals surface area contributed by atoms with Crippen LogP contribution in [0.15, 0.2) is 42.6 Å². The summed E-state index contributed by atoms with van der Waals surface area (Å²) in [5, 5.41) is 3.82. The number of halogens is 2. The van der Waals surface area contributed by atoms with Crippen LogP contribution in [0.3, 0.4) is 0 Å². The summed E-state index contributed by atoms with van der Waals surface area (Å²) < 4.78 is 0. The van der Waals surface area contributed by atoms with E-state index in [0.29, 0.717) is 28.8 Å². The number of hydrogen-bond acceptors (Lipinski definition) is 3. The van der Waals surface area contributed by atoms with Crippen molar-refractivity contribution in [2.45, 2.75) is 0 Å². The quantitative estimate of drug-likeness (QED) is 0.897. The Kier molecular flexibility index (Phi) is 4.88. The molecule has 0 saturated carbocycles. The molecule has 0 atom stereocenters. The van der Waals surface area contributed by atoms with Crippen molar-refractivity contribution in [2.75, 3.05) is 36.4 Å². The number of benzene rings is 1. The zero-order chi connectivity index (χ0) is 16.2. The number of pyridine rings is 1. The van der Waals surface area contributed by atoms with Gasteiger partial charge >= 0.3 is 6.03 Å². The minimum atomic E-state index is -0.149. The van der Waals surface area contributed by atoms with Crippen molar-refractivity contribution in [1.29, 1.82) is 0 Å². The summed E-state index contributed by atoms with van der Waals surface area (Å²) in [6, 6.07) is 10.7. The molecule has 120 valence electrons. The van der Waals surface area contributed by atoms with Gasteiger partial charge < -0.3 is 15.1 Å². The summed E-state index contributed by atoms with van der Waals surface area (Å²) in [4.78, 5) is 20.6. The van der Waals surface area contributed by atoms with Crippen LogP contribution in [-0.2, 0) is 0 Å². The molecular weight excluding hydrogens is 335 g/mol. The number of amides is 2. The predicted molar refractivity (Wildman–Crippen MR) is 93.5 cm³/mol. The molecule has 1 N–H and O–H groups in total. The second kappa shape index (κ2) is 7.06. The maximum absolute atomic E-state index is 12.3. The van der Waals surface area contributed by atoms with Crippen molar-refractivity contribution in [3.8, 4) is 0 Å². The molecule has 5 nitrogen and oxygen atoms in total. The molecule has 0 bridgehead atoms. The zero-order valence-electron chi connectivity index (χ0n) is 12.4. The lowest BCUT2D eigenvalue weighted by Gasteiger charge is -2.35. The van der Waals surface area contributed by atoms with Gasteiger partial charge in [-0.25, -0.2) is 9.78 Å². The summed E-state index contributed by atoms with van der Waals surface area (Å²) in [7, 11) is 0. The molecule has 7 heteroatoms. The Balaban J connectivity index is 1.58. The highest BCUT2D eigenvalue weighted by molar-refractivity contribution is 6.35. The molecule has 1 aliphatic rings. The fourth-order valence-corrected chi connectivity index (χ4v) is 3.03. The second-order valence-electron chi connectivity index (χ2n) is 5.25. The number of urea groups is 1. The smallest absolute Gasteiger partial charge is 0.321 e. The van der Waals surface area contributed by atoms with Gasteiger partial charge in [0.2, 0.25) is 0 Å². The van der Waals surface area contributed by atoms with Gasteiger partial charge in [0.05, 0.1) is 0 Å². The third kappa shape index (κ3) is 4.06. The lowest BCUT2D eigenvalue weighted by Crippen LogP contribution is -2.50. The largest absolute Gasteiger partial charge is 0.353 e. The average molecular weight is 351 g/mol. The zero-order valence-corrected chi connectivity index (χ0v) is 13.9. The first-order valence-electron chi connectivity index (χ1n) is 7.30. The number of carbonyl (C=O) groups is 1. The first-order valence-corrected chi connectivity index (χ1v) is 8.05. The van der Waals surface area contributed by atoms with Crippen LogP contribution in [0.5, 0.6) is 0 Å². The number of anilines is 2. The maximum Gasteiger partial charge on any atom is 0.321 e. The summed E-state index contributed by atoms with van der Waals surface area (Å²) in [6.45, 7) is 2.77. The molecular formula is C16H16Cl2N4O. The minimum Gasteiger partial charge on any atom is -0.353 e. The van der Waals surface area contributed by atoms with Crippen molar-refractivity contribution in [3.05, 3.63) is 52.6 Å². The van der Waals surface area contributed by atoms with E-state index in [1.165, 1.54) is 0 Å². The fourth-order valence-electron chi connectivity index (χ4n) is 2.51. The Bertz CT molecular complexity index is 667. The molecule has 2 heterocycles. The fraction of sp³-hybridized carbons (Fsp3) is 0.250. The standard InChI is InChI=1S/C16H16Cl2N4O/c17-12-9-13(18)11-14(10-12)20-16(23)22-7-5-21(6-8-22)15-3-1-2-4-19-15/h1-4,9-11H,5-8H2,(H,20,23). The van der Waals surface area contributed by atoms with E-state index in [-0.39, 0.29) is 6.03 Å². The van der Waals surface area contributed by atoms with E-state index in [2.05, 4.69) is 15.2 Å². The van der Waals surface area contributed by atoms with Gasteiger partial charge in [-0.2, -0.15) is 0 Å². The lowest BCUT2D eigenvalue weighted by molar-refractivity contribution is 0.208. The molecule has 0 spiro atoms. The lowest BCUT2D eigenvalue weighted by atomic mass is 10.3. The molecule has 1 fully saturated rings. The van der Waals surface area contributed by atoms with Crippen LogP contribution in [0.2, 0.25) is 10.0 Å². The molecule has 23 heavy (non-hydrogen) atoms. The number of hydrogen-bond donors (Lipinski definition) is 1. The Labute approximate surface area is 144 Å². The SMILES string of the molecule is O=C(Nc1cc(Cl)cc(Cl)c1)N1CCN(c2ccccn2)CC1. The van der Waals surface area contributed by atoms with Gasteiger partial charge in [-0.3, -0.25) is 0 Å². The molecule has 2 aromatic rings. The van der Waals surface area contributed by atoms with E-state index < -0.39 is 0 Å². The van der Waals surface area contributed by atoms with Crippen molar-refractivity contribution in [2.24, 2.45) is 0 Å². The first-order chi connectivity index (χ1) is 11.1. The minimum absolute atomic E-state index is 0.149. The van der Waals surface area contributed by atoms with Gasteiger partial charge in [0.15, 0.2) is 0 Å². The number of carbonyl (C=O) groups excluding carboxylic acids is 1. The third-order valence-electron chi connectivity index (χ3n) is 3.65. The molecule has 1 aromatic heterocycles. The third-order valence-corrected chi connectivity index (χ3v) is 4.09. The van der Waals surface area contributed by atoms with Crippen molar-refractivity contribution >= 4 is 40.7 Å². The van der Waals surface area contributed by atoms with Crippen LogP contribution in [0.4, 0.5) is 16.3 Å². The number of piperazine rings is 1. The van der Waals surface area contributed by atoms with Crippen molar-refractivity contribution in [1.82, 2.24) is 9.88 Å². The van der Waals surface area contributed by atoms with Gasteiger partial charge in [-0.1, -0.05) is 29.3 Å². The van der Waals surface area contributed by atoms with Crippen molar-refractivity contribution < 1.29 is 4.79 Å². The number of rotatable bonds is 2.